The van der Waals surface area contributed by atoms with E-state index in [4.69, 9.17) is 0 Å². The third kappa shape index (κ3) is 5.62. The van der Waals surface area contributed by atoms with Crippen molar-refractivity contribution in [1.82, 2.24) is 4.72 Å². The lowest BCUT2D eigenvalue weighted by Gasteiger charge is -2.19. The first-order valence-corrected chi connectivity index (χ1v) is 12.3. The Morgan fingerprint density at radius 1 is 0.966 bits per heavy atom. The second-order valence-electron chi connectivity index (χ2n) is 7.64. The van der Waals surface area contributed by atoms with E-state index in [2.05, 4.69) is 16.1 Å². The van der Waals surface area contributed by atoms with Crippen LogP contribution in [0.5, 0.6) is 0 Å². The van der Waals surface area contributed by atoms with Crippen molar-refractivity contribution in [1.29, 1.82) is 0 Å². The molecule has 7 heteroatoms. The molecule has 0 aliphatic rings. The zero-order valence-electron chi connectivity index (χ0n) is 18.1. The zero-order chi connectivity index (χ0) is 21.9. The number of carbonyl (C=O) groups is 1. The van der Waals surface area contributed by atoms with E-state index in [0.717, 1.165) is 21.6 Å². The van der Waals surface area contributed by atoms with Gasteiger partial charge in [-0.25, -0.2) is 13.1 Å². The molecule has 0 aromatic heterocycles. The molecule has 0 bridgehead atoms. The molecule has 5 nitrogen and oxygen atoms in total. The number of hydrogen-bond acceptors (Lipinski definition) is 4. The Bertz CT molecular complexity index is 1010. The number of rotatable bonds is 7. The van der Waals surface area contributed by atoms with Crippen molar-refractivity contribution in [3.05, 3.63) is 52.6 Å². The van der Waals surface area contributed by atoms with Crippen molar-refractivity contribution >= 4 is 33.4 Å². The van der Waals surface area contributed by atoms with Gasteiger partial charge in [0.15, 0.2) is 0 Å². The SMILES string of the molecule is CSc1ccc(S(=O)(=O)NC(C)c2cc(C)c(C)cc2C)cc1NC(=O)C(C)C. The van der Waals surface area contributed by atoms with Gasteiger partial charge in [0.2, 0.25) is 15.9 Å². The maximum atomic E-state index is 13.0. The van der Waals surface area contributed by atoms with Gasteiger partial charge < -0.3 is 5.32 Å². The number of thioether (sulfide) groups is 1. The molecule has 0 fully saturated rings. The third-order valence-electron chi connectivity index (χ3n) is 4.94. The van der Waals surface area contributed by atoms with Gasteiger partial charge in [-0.05, 0) is 74.4 Å². The van der Waals surface area contributed by atoms with E-state index in [1.54, 1.807) is 26.0 Å². The van der Waals surface area contributed by atoms with Gasteiger partial charge in [0, 0.05) is 16.9 Å². The van der Waals surface area contributed by atoms with Crippen LogP contribution in [0.15, 0.2) is 40.1 Å². The van der Waals surface area contributed by atoms with Crippen LogP contribution < -0.4 is 10.0 Å². The van der Waals surface area contributed by atoms with Crippen molar-refractivity contribution < 1.29 is 13.2 Å². The van der Waals surface area contributed by atoms with Crippen LogP contribution in [0, 0.1) is 26.7 Å². The fourth-order valence-corrected chi connectivity index (χ4v) is 4.83. The van der Waals surface area contributed by atoms with E-state index in [1.165, 1.54) is 23.4 Å². The first-order chi connectivity index (χ1) is 13.5. The number of benzene rings is 2. The lowest BCUT2D eigenvalue weighted by molar-refractivity contribution is -0.118. The number of carbonyl (C=O) groups excluding carboxylic acids is 1. The molecule has 2 rings (SSSR count). The molecule has 29 heavy (non-hydrogen) atoms. The summed E-state index contributed by atoms with van der Waals surface area (Å²) in [4.78, 5) is 13.1. The highest BCUT2D eigenvalue weighted by Gasteiger charge is 2.22. The maximum Gasteiger partial charge on any atom is 0.241 e. The van der Waals surface area contributed by atoms with Crippen LogP contribution in [0.3, 0.4) is 0 Å². The summed E-state index contributed by atoms with van der Waals surface area (Å²) in [6.07, 6.45) is 1.89. The molecule has 0 heterocycles. The molecule has 0 saturated carbocycles. The number of hydrogen-bond donors (Lipinski definition) is 2. The van der Waals surface area contributed by atoms with Crippen molar-refractivity contribution in [3.8, 4) is 0 Å². The second-order valence-corrected chi connectivity index (χ2v) is 10.2. The molecule has 0 spiro atoms. The highest BCUT2D eigenvalue weighted by atomic mass is 32.2. The molecule has 1 unspecified atom stereocenters. The monoisotopic (exact) mass is 434 g/mol. The van der Waals surface area contributed by atoms with Crippen LogP contribution in [0.2, 0.25) is 0 Å². The Morgan fingerprint density at radius 3 is 2.17 bits per heavy atom. The molecule has 0 saturated heterocycles. The standard InChI is InChI=1S/C22H30N2O3S2/c1-13(2)22(25)23-20-12-18(8-9-21(20)28-7)29(26,27)24-17(6)19-11-15(4)14(3)10-16(19)5/h8-13,17,24H,1-7H3,(H,23,25). The Hall–Kier alpha value is -1.83. The molecular formula is C22H30N2O3S2. The van der Waals surface area contributed by atoms with Crippen LogP contribution in [0.4, 0.5) is 5.69 Å². The molecule has 158 valence electrons. The minimum atomic E-state index is -3.76. The van der Waals surface area contributed by atoms with Crippen molar-refractivity contribution in [2.24, 2.45) is 5.92 Å². The molecule has 2 aromatic rings. The van der Waals surface area contributed by atoms with Gasteiger partial charge in [0.1, 0.15) is 0 Å². The number of anilines is 1. The van der Waals surface area contributed by atoms with Gasteiger partial charge in [-0.2, -0.15) is 0 Å². The second kappa shape index (κ2) is 9.32. The van der Waals surface area contributed by atoms with Crippen molar-refractivity contribution in [2.75, 3.05) is 11.6 Å². The summed E-state index contributed by atoms with van der Waals surface area (Å²) in [5.74, 6) is -0.349. The molecular weight excluding hydrogens is 404 g/mol. The highest BCUT2D eigenvalue weighted by molar-refractivity contribution is 7.98. The van der Waals surface area contributed by atoms with Crippen LogP contribution in [-0.2, 0) is 14.8 Å². The summed E-state index contributed by atoms with van der Waals surface area (Å²) in [7, 11) is -3.76. The predicted octanol–water partition coefficient (Wildman–Crippen LogP) is 4.97. The normalized spacial score (nSPS) is 12.8. The lowest BCUT2D eigenvalue weighted by Crippen LogP contribution is -2.27. The highest BCUT2D eigenvalue weighted by Crippen LogP contribution is 2.30. The van der Waals surface area contributed by atoms with E-state index in [9.17, 15) is 13.2 Å². The first-order valence-electron chi connectivity index (χ1n) is 9.55. The van der Waals surface area contributed by atoms with Crippen LogP contribution in [0.1, 0.15) is 49.1 Å². The molecule has 0 aliphatic carbocycles. The van der Waals surface area contributed by atoms with Crippen molar-refractivity contribution in [3.63, 3.8) is 0 Å². The molecule has 1 atom stereocenters. The van der Waals surface area contributed by atoms with E-state index < -0.39 is 10.0 Å². The molecule has 0 aliphatic heterocycles. The maximum absolute atomic E-state index is 13.0. The van der Waals surface area contributed by atoms with Gasteiger partial charge in [0.05, 0.1) is 10.6 Å². The van der Waals surface area contributed by atoms with Crippen LogP contribution >= 0.6 is 11.8 Å². The fraction of sp³-hybridized carbons (Fsp3) is 0.409. The van der Waals surface area contributed by atoms with E-state index >= 15 is 0 Å². The van der Waals surface area contributed by atoms with Crippen molar-refractivity contribution in [2.45, 2.75) is 57.4 Å². The number of amides is 1. The molecule has 1 amide bonds. The summed E-state index contributed by atoms with van der Waals surface area (Å²) in [5, 5.41) is 2.83. The lowest BCUT2D eigenvalue weighted by atomic mass is 9.97. The predicted molar refractivity (Wildman–Crippen MR) is 121 cm³/mol. The van der Waals surface area contributed by atoms with Gasteiger partial charge in [-0.15, -0.1) is 11.8 Å². The Balaban J connectivity index is 2.35. The summed E-state index contributed by atoms with van der Waals surface area (Å²) in [5.41, 5.74) is 4.81. The van der Waals surface area contributed by atoms with Gasteiger partial charge in [-0.1, -0.05) is 26.0 Å². The fourth-order valence-electron chi connectivity index (χ4n) is 3.04. The number of sulfonamides is 1. The summed E-state index contributed by atoms with van der Waals surface area (Å²) in [6, 6.07) is 8.54. The van der Waals surface area contributed by atoms with Crippen LogP contribution in [-0.4, -0.2) is 20.6 Å². The zero-order valence-corrected chi connectivity index (χ0v) is 19.7. The summed E-state index contributed by atoms with van der Waals surface area (Å²) >= 11 is 1.45. The molecule has 2 N–H and O–H groups in total. The van der Waals surface area contributed by atoms with E-state index in [-0.39, 0.29) is 22.8 Å². The van der Waals surface area contributed by atoms with E-state index in [1.807, 2.05) is 40.0 Å². The minimum Gasteiger partial charge on any atom is -0.325 e. The third-order valence-corrected chi connectivity index (χ3v) is 7.28. The quantitative estimate of drug-likeness (QED) is 0.604. The van der Waals surface area contributed by atoms with E-state index in [0.29, 0.717) is 5.69 Å². The minimum absolute atomic E-state index is 0.127. The average molecular weight is 435 g/mol. The molecule has 0 radical (unpaired) electrons. The smallest absolute Gasteiger partial charge is 0.241 e. The summed E-state index contributed by atoms with van der Waals surface area (Å²) in [6.45, 7) is 11.5. The first kappa shape index (κ1) is 23.4. The molecule has 2 aromatic carbocycles. The van der Waals surface area contributed by atoms with Gasteiger partial charge >= 0.3 is 0 Å². The largest absolute Gasteiger partial charge is 0.325 e. The average Bonchev–Trinajstić information content (AvgIpc) is 2.64. The topological polar surface area (TPSA) is 75.3 Å². The Morgan fingerprint density at radius 2 is 1.59 bits per heavy atom. The van der Waals surface area contributed by atoms with Crippen LogP contribution in [0.25, 0.3) is 0 Å². The number of nitrogens with one attached hydrogen (secondary N) is 2. The Kier molecular flexibility index (Phi) is 7.54. The number of aryl methyl sites for hydroxylation is 3. The van der Waals surface area contributed by atoms with Gasteiger partial charge in [0.25, 0.3) is 0 Å². The Labute approximate surface area is 178 Å². The van der Waals surface area contributed by atoms with Gasteiger partial charge in [-0.3, -0.25) is 4.79 Å². The summed E-state index contributed by atoms with van der Waals surface area (Å²) < 4.78 is 28.8.